The largest absolute Gasteiger partial charge is 0.296 e. The highest BCUT2D eigenvalue weighted by Gasteiger charge is 2.41. The summed E-state index contributed by atoms with van der Waals surface area (Å²) in [7, 11) is 0. The number of hydrogen-bond donors (Lipinski definition) is 0. The molecule has 0 N–H and O–H groups in total. The quantitative estimate of drug-likeness (QED) is 0.805. The van der Waals surface area contributed by atoms with Crippen LogP contribution >= 0.6 is 0 Å². The second kappa shape index (κ2) is 5.09. The van der Waals surface area contributed by atoms with Crippen molar-refractivity contribution < 1.29 is 8.39 Å². The van der Waals surface area contributed by atoms with E-state index in [2.05, 4.69) is 29.2 Å². The number of fused-ring (bicyclic) bond motifs is 1. The van der Waals surface area contributed by atoms with Gasteiger partial charge in [-0.15, -0.1) is 0 Å². The van der Waals surface area contributed by atoms with Gasteiger partial charge in [-0.25, -0.2) is 4.21 Å². The molecule has 2 fully saturated rings. The lowest BCUT2D eigenvalue weighted by atomic mass is 10.1. The van der Waals surface area contributed by atoms with Crippen LogP contribution in [-0.2, 0) is 22.0 Å². The molecule has 1 aromatic rings. The summed E-state index contributed by atoms with van der Waals surface area (Å²) in [6.45, 7) is 5.68. The molecular weight excluding hydrogens is 248 g/mol. The maximum Gasteiger partial charge on any atom is 0.237 e. The van der Waals surface area contributed by atoms with E-state index < -0.39 is 11.3 Å². The summed E-state index contributed by atoms with van der Waals surface area (Å²) in [5.41, 5.74) is 1.33. The third kappa shape index (κ3) is 2.36. The molecule has 0 aromatic heterocycles. The molecule has 98 valence electrons. The minimum absolute atomic E-state index is 0.0596. The molecular formula is C13H18N2O2S. The number of rotatable bonds is 2. The standard InChI is InChI=1S/C13H18N2O2S/c1-11-13-10-14(7-8-15(13)18(16)17-11)9-12-5-3-2-4-6-12/h2-6,11,13H,7-10H2,1H3. The van der Waals surface area contributed by atoms with Crippen LogP contribution in [0.2, 0.25) is 0 Å². The molecule has 0 amide bonds. The van der Waals surface area contributed by atoms with Crippen molar-refractivity contribution in [3.05, 3.63) is 35.9 Å². The molecule has 4 nitrogen and oxygen atoms in total. The monoisotopic (exact) mass is 266 g/mol. The van der Waals surface area contributed by atoms with Crippen molar-refractivity contribution in [3.8, 4) is 0 Å². The van der Waals surface area contributed by atoms with Gasteiger partial charge in [0.25, 0.3) is 0 Å². The predicted octanol–water partition coefficient (Wildman–Crippen LogP) is 1.17. The Kier molecular flexibility index (Phi) is 3.48. The van der Waals surface area contributed by atoms with Crippen LogP contribution in [-0.4, -0.2) is 45.2 Å². The van der Waals surface area contributed by atoms with E-state index in [1.165, 1.54) is 5.56 Å². The van der Waals surface area contributed by atoms with Gasteiger partial charge in [0.05, 0.1) is 12.1 Å². The molecule has 1 aromatic carbocycles. The first-order chi connectivity index (χ1) is 8.74. The summed E-state index contributed by atoms with van der Waals surface area (Å²) < 4.78 is 19.0. The number of piperazine rings is 1. The molecule has 18 heavy (non-hydrogen) atoms. The van der Waals surface area contributed by atoms with Gasteiger partial charge in [-0.05, 0) is 12.5 Å². The summed E-state index contributed by atoms with van der Waals surface area (Å²) in [5.74, 6) is 0. The van der Waals surface area contributed by atoms with Crippen LogP contribution < -0.4 is 0 Å². The fraction of sp³-hybridized carbons (Fsp3) is 0.538. The van der Waals surface area contributed by atoms with Crippen LogP contribution in [0.15, 0.2) is 30.3 Å². The second-order valence-electron chi connectivity index (χ2n) is 4.95. The Morgan fingerprint density at radius 2 is 2.11 bits per heavy atom. The first-order valence-electron chi connectivity index (χ1n) is 6.36. The van der Waals surface area contributed by atoms with Gasteiger partial charge in [-0.1, -0.05) is 30.3 Å². The fourth-order valence-electron chi connectivity index (χ4n) is 2.65. The first-order valence-corrected chi connectivity index (χ1v) is 7.39. The van der Waals surface area contributed by atoms with Crippen LogP contribution in [0.5, 0.6) is 0 Å². The lowest BCUT2D eigenvalue weighted by Crippen LogP contribution is -2.52. The molecule has 2 saturated heterocycles. The van der Waals surface area contributed by atoms with Crippen LogP contribution in [0.3, 0.4) is 0 Å². The number of benzene rings is 1. The molecule has 5 heteroatoms. The van der Waals surface area contributed by atoms with Gasteiger partial charge in [0.1, 0.15) is 0 Å². The summed E-state index contributed by atoms with van der Waals surface area (Å²) >= 11 is -1.22. The third-order valence-electron chi connectivity index (χ3n) is 3.67. The van der Waals surface area contributed by atoms with Crippen molar-refractivity contribution in [1.29, 1.82) is 0 Å². The molecule has 0 saturated carbocycles. The topological polar surface area (TPSA) is 32.8 Å². The molecule has 3 atom stereocenters. The highest BCUT2D eigenvalue weighted by atomic mass is 32.2. The average Bonchev–Trinajstić information content (AvgIpc) is 2.66. The average molecular weight is 266 g/mol. The Labute approximate surface area is 110 Å². The zero-order valence-electron chi connectivity index (χ0n) is 10.5. The summed E-state index contributed by atoms with van der Waals surface area (Å²) in [6.07, 6.45) is 0.0596. The Bertz CT molecular complexity index is 440. The Balaban J connectivity index is 1.66. The molecule has 0 radical (unpaired) electrons. The van der Waals surface area contributed by atoms with Gasteiger partial charge in [-0.3, -0.25) is 9.08 Å². The van der Waals surface area contributed by atoms with Crippen molar-refractivity contribution in [3.63, 3.8) is 0 Å². The minimum Gasteiger partial charge on any atom is -0.296 e. The van der Waals surface area contributed by atoms with E-state index in [1.54, 1.807) is 0 Å². The highest BCUT2D eigenvalue weighted by molar-refractivity contribution is 7.78. The Morgan fingerprint density at radius 1 is 1.33 bits per heavy atom. The van der Waals surface area contributed by atoms with Gasteiger partial charge >= 0.3 is 0 Å². The smallest absolute Gasteiger partial charge is 0.237 e. The van der Waals surface area contributed by atoms with E-state index in [9.17, 15) is 4.21 Å². The third-order valence-corrected chi connectivity index (χ3v) is 4.97. The zero-order valence-corrected chi connectivity index (χ0v) is 11.3. The van der Waals surface area contributed by atoms with E-state index in [0.717, 1.165) is 26.2 Å². The van der Waals surface area contributed by atoms with Gasteiger partial charge < -0.3 is 0 Å². The van der Waals surface area contributed by atoms with Gasteiger partial charge in [0, 0.05) is 26.2 Å². The lowest BCUT2D eigenvalue weighted by Gasteiger charge is -2.35. The normalized spacial score (nSPS) is 33.5. The minimum atomic E-state index is -1.22. The van der Waals surface area contributed by atoms with E-state index in [-0.39, 0.29) is 12.1 Å². The maximum absolute atomic E-state index is 11.7. The van der Waals surface area contributed by atoms with Gasteiger partial charge in [-0.2, -0.15) is 4.31 Å². The van der Waals surface area contributed by atoms with Crippen molar-refractivity contribution >= 4 is 11.3 Å². The van der Waals surface area contributed by atoms with Crippen molar-refractivity contribution in [2.45, 2.75) is 25.6 Å². The van der Waals surface area contributed by atoms with Crippen molar-refractivity contribution in [2.75, 3.05) is 19.6 Å². The van der Waals surface area contributed by atoms with Crippen LogP contribution in [0.1, 0.15) is 12.5 Å². The van der Waals surface area contributed by atoms with Crippen molar-refractivity contribution in [1.82, 2.24) is 9.21 Å². The molecule has 3 unspecified atom stereocenters. The molecule has 0 aliphatic carbocycles. The summed E-state index contributed by atoms with van der Waals surface area (Å²) in [6, 6.07) is 10.8. The second-order valence-corrected chi connectivity index (χ2v) is 6.04. The first kappa shape index (κ1) is 12.3. The van der Waals surface area contributed by atoms with Crippen molar-refractivity contribution in [2.24, 2.45) is 0 Å². The zero-order chi connectivity index (χ0) is 12.5. The SMILES string of the molecule is CC1OS(=O)N2CCN(Cc3ccccc3)CC12. The molecule has 2 aliphatic rings. The van der Waals surface area contributed by atoms with Gasteiger partial charge in [0.2, 0.25) is 11.3 Å². The van der Waals surface area contributed by atoms with Crippen LogP contribution in [0.25, 0.3) is 0 Å². The fourth-order valence-corrected chi connectivity index (χ4v) is 3.84. The van der Waals surface area contributed by atoms with E-state index in [0.29, 0.717) is 0 Å². The molecule has 2 aliphatic heterocycles. The van der Waals surface area contributed by atoms with Crippen LogP contribution in [0, 0.1) is 0 Å². The molecule has 0 bridgehead atoms. The highest BCUT2D eigenvalue weighted by Crippen LogP contribution is 2.25. The number of hydrogen-bond acceptors (Lipinski definition) is 3. The molecule has 0 spiro atoms. The Hall–Kier alpha value is -0.750. The molecule has 2 heterocycles. The van der Waals surface area contributed by atoms with Crippen LogP contribution in [0.4, 0.5) is 0 Å². The predicted molar refractivity (Wildman–Crippen MR) is 70.9 cm³/mol. The Morgan fingerprint density at radius 3 is 2.89 bits per heavy atom. The van der Waals surface area contributed by atoms with E-state index in [4.69, 9.17) is 4.18 Å². The molecule has 3 rings (SSSR count). The maximum atomic E-state index is 11.7. The summed E-state index contributed by atoms with van der Waals surface area (Å²) in [5, 5.41) is 0. The number of nitrogens with zero attached hydrogens (tertiary/aromatic N) is 2. The summed E-state index contributed by atoms with van der Waals surface area (Å²) in [4.78, 5) is 2.42. The van der Waals surface area contributed by atoms with E-state index in [1.807, 2.05) is 17.3 Å². The van der Waals surface area contributed by atoms with E-state index >= 15 is 0 Å². The van der Waals surface area contributed by atoms with Gasteiger partial charge in [0.15, 0.2) is 0 Å². The lowest BCUT2D eigenvalue weighted by molar-refractivity contribution is 0.106.